The van der Waals surface area contributed by atoms with Crippen LogP contribution >= 0.6 is 11.6 Å². The van der Waals surface area contributed by atoms with Gasteiger partial charge in [-0.2, -0.15) is 0 Å². The van der Waals surface area contributed by atoms with Gasteiger partial charge < -0.3 is 0 Å². The highest BCUT2D eigenvalue weighted by Gasteiger charge is 2.08. The van der Waals surface area contributed by atoms with Gasteiger partial charge in [0.1, 0.15) is 0 Å². The molecule has 0 unspecified atom stereocenters. The average molecular weight is 222 g/mol. The Kier molecular flexibility index (Phi) is 2.73. The molecule has 4 heteroatoms. The molecule has 78 valence electrons. The van der Waals surface area contributed by atoms with Crippen LogP contribution in [-0.2, 0) is 5.88 Å². The molecule has 0 spiro atoms. The van der Waals surface area contributed by atoms with E-state index in [-0.39, 0.29) is 0 Å². The van der Waals surface area contributed by atoms with Crippen molar-refractivity contribution in [1.82, 2.24) is 15.0 Å². The first-order valence-corrected chi connectivity index (χ1v) is 5.29. The summed E-state index contributed by atoms with van der Waals surface area (Å²) in [5, 5.41) is 7.91. The van der Waals surface area contributed by atoms with Crippen LogP contribution in [0.2, 0.25) is 0 Å². The number of hydrogen-bond acceptors (Lipinski definition) is 2. The van der Waals surface area contributed by atoms with E-state index in [1.807, 2.05) is 12.1 Å². The maximum absolute atomic E-state index is 5.81. The molecule has 3 nitrogen and oxygen atoms in total. The van der Waals surface area contributed by atoms with Crippen molar-refractivity contribution in [1.29, 1.82) is 0 Å². The summed E-state index contributed by atoms with van der Waals surface area (Å²) < 4.78 is 1.79. The molecular weight excluding hydrogens is 210 g/mol. The fourth-order valence-electron chi connectivity index (χ4n) is 1.52. The minimum Gasteiger partial charge on any atom is -0.216 e. The summed E-state index contributed by atoms with van der Waals surface area (Å²) in [5.41, 5.74) is 4.39. The molecule has 0 fully saturated rings. The Labute approximate surface area is 93.7 Å². The first-order chi connectivity index (χ1) is 7.24. The van der Waals surface area contributed by atoms with Crippen LogP contribution in [0.5, 0.6) is 0 Å². The zero-order chi connectivity index (χ0) is 10.8. The molecule has 0 aliphatic rings. The van der Waals surface area contributed by atoms with Crippen molar-refractivity contribution < 1.29 is 0 Å². The first-order valence-electron chi connectivity index (χ1n) is 4.76. The summed E-state index contributed by atoms with van der Waals surface area (Å²) in [6, 6.07) is 6.11. The summed E-state index contributed by atoms with van der Waals surface area (Å²) in [4.78, 5) is 0. The van der Waals surface area contributed by atoms with Crippen molar-refractivity contribution >= 4 is 11.6 Å². The van der Waals surface area contributed by atoms with Crippen molar-refractivity contribution in [2.24, 2.45) is 0 Å². The van der Waals surface area contributed by atoms with Crippen molar-refractivity contribution in [3.8, 4) is 5.69 Å². The number of aromatic nitrogens is 3. The predicted molar refractivity (Wildman–Crippen MR) is 60.4 cm³/mol. The second-order valence-corrected chi connectivity index (χ2v) is 3.76. The highest BCUT2D eigenvalue weighted by molar-refractivity contribution is 6.16. The third-order valence-electron chi connectivity index (χ3n) is 2.56. The van der Waals surface area contributed by atoms with E-state index in [1.165, 1.54) is 11.1 Å². The third kappa shape index (κ3) is 1.75. The molecule has 0 atom stereocenters. The van der Waals surface area contributed by atoms with E-state index < -0.39 is 0 Å². The minimum atomic E-state index is 0.417. The molecule has 15 heavy (non-hydrogen) atoms. The Balaban J connectivity index is 2.59. The van der Waals surface area contributed by atoms with E-state index in [0.717, 1.165) is 11.4 Å². The van der Waals surface area contributed by atoms with Gasteiger partial charge in [0, 0.05) is 0 Å². The standard InChI is InChI=1S/C11H12ClN3/c1-8-4-3-5-11(9(8)2)15-10(6-12)7-13-14-15/h3-5,7H,6H2,1-2H3. The van der Waals surface area contributed by atoms with Gasteiger partial charge in [0.05, 0.1) is 23.5 Å². The highest BCUT2D eigenvalue weighted by Crippen LogP contribution is 2.18. The van der Waals surface area contributed by atoms with Crippen LogP contribution in [-0.4, -0.2) is 15.0 Å². The molecule has 0 radical (unpaired) electrons. The van der Waals surface area contributed by atoms with E-state index in [9.17, 15) is 0 Å². The lowest BCUT2D eigenvalue weighted by molar-refractivity contribution is 0.776. The average Bonchev–Trinajstić information content (AvgIpc) is 2.70. The highest BCUT2D eigenvalue weighted by atomic mass is 35.5. The Hall–Kier alpha value is -1.35. The monoisotopic (exact) mass is 221 g/mol. The van der Waals surface area contributed by atoms with E-state index in [0.29, 0.717) is 5.88 Å². The van der Waals surface area contributed by atoms with Crippen LogP contribution in [0.3, 0.4) is 0 Å². The molecule has 0 N–H and O–H groups in total. The summed E-state index contributed by atoms with van der Waals surface area (Å²) in [5.74, 6) is 0.417. The maximum Gasteiger partial charge on any atom is 0.0793 e. The van der Waals surface area contributed by atoms with Gasteiger partial charge in [-0.25, -0.2) is 4.68 Å². The van der Waals surface area contributed by atoms with Gasteiger partial charge in [0.15, 0.2) is 0 Å². The number of aryl methyl sites for hydroxylation is 1. The lowest BCUT2D eigenvalue weighted by Crippen LogP contribution is -2.03. The largest absolute Gasteiger partial charge is 0.216 e. The number of nitrogens with zero attached hydrogens (tertiary/aromatic N) is 3. The normalized spacial score (nSPS) is 10.6. The smallest absolute Gasteiger partial charge is 0.0793 e. The molecular formula is C11H12ClN3. The van der Waals surface area contributed by atoms with E-state index in [4.69, 9.17) is 11.6 Å². The molecule has 0 amide bonds. The molecule has 0 saturated heterocycles. The lowest BCUT2D eigenvalue weighted by atomic mass is 10.1. The molecule has 1 aromatic heterocycles. The molecule has 2 rings (SSSR count). The van der Waals surface area contributed by atoms with Crippen LogP contribution < -0.4 is 0 Å². The second kappa shape index (κ2) is 4.03. The van der Waals surface area contributed by atoms with E-state index >= 15 is 0 Å². The zero-order valence-corrected chi connectivity index (χ0v) is 9.49. The van der Waals surface area contributed by atoms with Crippen LogP contribution in [0, 0.1) is 13.8 Å². The van der Waals surface area contributed by atoms with Crippen LogP contribution in [0.25, 0.3) is 5.69 Å². The molecule has 1 aromatic carbocycles. The molecule has 1 heterocycles. The van der Waals surface area contributed by atoms with Gasteiger partial charge in [0.25, 0.3) is 0 Å². The minimum absolute atomic E-state index is 0.417. The van der Waals surface area contributed by atoms with E-state index in [1.54, 1.807) is 10.9 Å². The second-order valence-electron chi connectivity index (χ2n) is 3.49. The van der Waals surface area contributed by atoms with Gasteiger partial charge >= 0.3 is 0 Å². The summed E-state index contributed by atoms with van der Waals surface area (Å²) in [6.07, 6.45) is 1.69. The van der Waals surface area contributed by atoms with Gasteiger partial charge in [-0.15, -0.1) is 16.7 Å². The number of hydrogen-bond donors (Lipinski definition) is 0. The molecule has 2 aromatic rings. The zero-order valence-electron chi connectivity index (χ0n) is 8.74. The van der Waals surface area contributed by atoms with Crippen LogP contribution in [0.15, 0.2) is 24.4 Å². The molecule has 0 aliphatic heterocycles. The van der Waals surface area contributed by atoms with Gasteiger partial charge in [-0.05, 0) is 31.0 Å². The Bertz CT molecular complexity index is 476. The van der Waals surface area contributed by atoms with Crippen LogP contribution in [0.1, 0.15) is 16.8 Å². The Morgan fingerprint density at radius 3 is 2.87 bits per heavy atom. The number of rotatable bonds is 2. The van der Waals surface area contributed by atoms with Crippen LogP contribution in [0.4, 0.5) is 0 Å². The summed E-state index contributed by atoms with van der Waals surface area (Å²) >= 11 is 5.81. The number of halogens is 1. The molecule has 0 saturated carbocycles. The fraction of sp³-hybridized carbons (Fsp3) is 0.273. The molecule has 0 bridgehead atoms. The van der Waals surface area contributed by atoms with Gasteiger partial charge in [-0.3, -0.25) is 0 Å². The SMILES string of the molecule is Cc1cccc(-n2nncc2CCl)c1C. The van der Waals surface area contributed by atoms with Gasteiger partial charge in [0.2, 0.25) is 0 Å². The Morgan fingerprint density at radius 2 is 2.13 bits per heavy atom. The summed E-state index contributed by atoms with van der Waals surface area (Å²) in [7, 11) is 0. The van der Waals surface area contributed by atoms with Crippen molar-refractivity contribution in [3.05, 3.63) is 41.2 Å². The molecule has 0 aliphatic carbocycles. The quantitative estimate of drug-likeness (QED) is 0.730. The topological polar surface area (TPSA) is 30.7 Å². The number of alkyl halides is 1. The van der Waals surface area contributed by atoms with Crippen molar-refractivity contribution in [2.45, 2.75) is 19.7 Å². The fourth-order valence-corrected chi connectivity index (χ4v) is 1.70. The van der Waals surface area contributed by atoms with E-state index in [2.05, 4.69) is 30.2 Å². The van der Waals surface area contributed by atoms with Crippen molar-refractivity contribution in [2.75, 3.05) is 0 Å². The summed E-state index contributed by atoms with van der Waals surface area (Å²) in [6.45, 7) is 4.15. The van der Waals surface area contributed by atoms with Gasteiger partial charge in [-0.1, -0.05) is 17.3 Å². The lowest BCUT2D eigenvalue weighted by Gasteiger charge is -2.09. The maximum atomic E-state index is 5.81. The third-order valence-corrected chi connectivity index (χ3v) is 2.83. The first kappa shape index (κ1) is 10.2. The Morgan fingerprint density at radius 1 is 1.33 bits per heavy atom. The number of benzene rings is 1. The predicted octanol–water partition coefficient (Wildman–Crippen LogP) is 2.62. The van der Waals surface area contributed by atoms with Crippen molar-refractivity contribution in [3.63, 3.8) is 0 Å².